The first-order valence-electron chi connectivity index (χ1n) is 42.4. The number of benzene rings is 2. The zero-order valence-corrected chi connectivity index (χ0v) is 72.3. The minimum Gasteiger partial charge on any atom is -0.420 e. The van der Waals surface area contributed by atoms with Crippen LogP contribution in [0.15, 0.2) is 53.3 Å². The number of fused-ring (bicyclic) bond motifs is 1. The van der Waals surface area contributed by atoms with Crippen molar-refractivity contribution in [2.45, 2.75) is 52.5 Å². The Labute approximate surface area is 725 Å². The number of carbonyl (C=O) groups is 4. The molecule has 0 spiro atoms. The Bertz CT molecular complexity index is 3210. The fraction of sp³-hybridized carbons (Fsp3) is 0.714. The third kappa shape index (κ3) is 59.4. The summed E-state index contributed by atoms with van der Waals surface area (Å²) < 4.78 is 196. The number of rotatable bonds is 88. The van der Waals surface area contributed by atoms with Gasteiger partial charge in [0.15, 0.2) is 11.6 Å². The standard InChI is InChI=1S/C84H134F4N6O30/c1-3-9-94(10-4-2)84(98)72-62-70-5-6-71(63-76(70)93-77(89)64-72)83(97)92-73-61-69(66-90-68-73)67-91-78(95)7-11-99-13-15-101-17-19-103-21-23-105-25-27-107-29-31-109-33-35-111-37-39-113-41-43-115-45-47-117-49-51-119-53-55-121-57-59-123-60-58-122-56-54-120-52-50-118-48-46-116-44-42-114-40-38-112-36-34-110-32-30-108-28-26-106-24-22-104-20-18-102-16-14-100-12-8-79(96)124-82-80(87)74(85)65-75(86)81(82)88/h5-6,61-63,65-66,68H,3-4,7-60,64,67H2,1-2H3,(H2,89,93)(H,91,95)(H,92,97). The summed E-state index contributed by atoms with van der Waals surface area (Å²) in [6.45, 7) is 25.7. The smallest absolute Gasteiger partial charge is 0.313 e. The highest BCUT2D eigenvalue weighted by Crippen LogP contribution is 2.30. The van der Waals surface area contributed by atoms with Crippen molar-refractivity contribution in [2.75, 3.05) is 349 Å². The number of esters is 1. The molecule has 2 aromatic carbocycles. The molecule has 0 bridgehead atoms. The van der Waals surface area contributed by atoms with Gasteiger partial charge in [-0.15, -0.1) is 0 Å². The molecule has 1 aliphatic heterocycles. The van der Waals surface area contributed by atoms with Gasteiger partial charge in [0.25, 0.3) is 5.91 Å². The van der Waals surface area contributed by atoms with Gasteiger partial charge in [0.2, 0.25) is 29.2 Å². The molecule has 0 fully saturated rings. The van der Waals surface area contributed by atoms with E-state index in [1.54, 1.807) is 36.5 Å². The number of nitrogens with one attached hydrogen (secondary N) is 2. The van der Waals surface area contributed by atoms with E-state index < -0.39 is 41.4 Å². The lowest BCUT2D eigenvalue weighted by Crippen LogP contribution is -2.34. The monoisotopic (exact) mass is 1780 g/mol. The van der Waals surface area contributed by atoms with Crippen molar-refractivity contribution in [3.63, 3.8) is 0 Å². The third-order valence-electron chi connectivity index (χ3n) is 16.5. The molecule has 4 rings (SSSR count). The van der Waals surface area contributed by atoms with Crippen LogP contribution in [0, 0.1) is 23.3 Å². The second-order valence-electron chi connectivity index (χ2n) is 26.4. The molecule has 708 valence electrons. The highest BCUT2D eigenvalue weighted by Gasteiger charge is 2.25. The van der Waals surface area contributed by atoms with Crippen LogP contribution in [0.2, 0.25) is 0 Å². The quantitative estimate of drug-likeness (QED) is 0.0199. The minimum absolute atomic E-state index is 0.0149. The van der Waals surface area contributed by atoms with E-state index in [1.165, 1.54) is 6.20 Å². The number of carbonyl (C=O) groups excluding carboxylic acids is 4. The number of halogens is 4. The van der Waals surface area contributed by atoms with Crippen LogP contribution in [0.4, 0.5) is 28.9 Å². The molecule has 2 heterocycles. The van der Waals surface area contributed by atoms with Crippen LogP contribution < -0.4 is 21.1 Å². The second-order valence-corrected chi connectivity index (χ2v) is 26.4. The highest BCUT2D eigenvalue weighted by atomic mass is 19.2. The summed E-state index contributed by atoms with van der Waals surface area (Å²) in [5.41, 5.74) is 9.52. The molecule has 0 unspecified atom stereocenters. The molecule has 0 aliphatic carbocycles. The van der Waals surface area contributed by atoms with Gasteiger partial charge < -0.3 is 144 Å². The summed E-state index contributed by atoms with van der Waals surface area (Å²) in [4.78, 5) is 61.5. The van der Waals surface area contributed by atoms with E-state index in [4.69, 9.17) is 124 Å². The minimum atomic E-state index is -1.80. The molecule has 0 saturated heterocycles. The molecule has 3 amide bonds. The van der Waals surface area contributed by atoms with Crippen LogP contribution >= 0.6 is 0 Å². The van der Waals surface area contributed by atoms with Crippen molar-refractivity contribution >= 4 is 47.0 Å². The summed E-state index contributed by atoms with van der Waals surface area (Å²) in [6.07, 6.45) is 6.61. The highest BCUT2D eigenvalue weighted by molar-refractivity contribution is 6.08. The van der Waals surface area contributed by atoms with Gasteiger partial charge in [-0.25, -0.2) is 13.8 Å². The number of nitrogens with two attached hydrogens (primary N) is 1. The summed E-state index contributed by atoms with van der Waals surface area (Å²) in [6, 6.07) is 6.84. The van der Waals surface area contributed by atoms with Gasteiger partial charge in [0.05, 0.1) is 354 Å². The number of pyridine rings is 1. The Morgan fingerprint density at radius 2 is 0.685 bits per heavy atom. The van der Waals surface area contributed by atoms with Gasteiger partial charge in [-0.3, -0.25) is 24.2 Å². The van der Waals surface area contributed by atoms with E-state index in [1.807, 2.05) is 18.7 Å². The Morgan fingerprint density at radius 3 is 0.992 bits per heavy atom. The van der Waals surface area contributed by atoms with Gasteiger partial charge in [-0.1, -0.05) is 19.9 Å². The third-order valence-corrected chi connectivity index (χ3v) is 16.5. The fourth-order valence-electron chi connectivity index (χ4n) is 10.4. The van der Waals surface area contributed by atoms with Gasteiger partial charge in [0, 0.05) is 61.4 Å². The topological polar surface area (TPSA) is 387 Å². The molecule has 40 heteroatoms. The number of hydrogen-bond acceptors (Lipinski definition) is 33. The number of ether oxygens (including phenoxy) is 26. The maximum atomic E-state index is 13.6. The van der Waals surface area contributed by atoms with Crippen LogP contribution in [-0.4, -0.2) is 383 Å². The van der Waals surface area contributed by atoms with Crippen molar-refractivity contribution in [3.8, 4) is 5.75 Å². The van der Waals surface area contributed by atoms with E-state index in [0.717, 1.165) is 12.8 Å². The van der Waals surface area contributed by atoms with Crippen LogP contribution in [0.25, 0.3) is 6.08 Å². The maximum absolute atomic E-state index is 13.6. The molecular weight excluding hydrogens is 1650 g/mol. The molecule has 4 N–H and O–H groups in total. The van der Waals surface area contributed by atoms with Crippen LogP contribution in [0.1, 0.15) is 67.4 Å². The predicted octanol–water partition coefficient (Wildman–Crippen LogP) is 5.73. The number of hydrogen-bond donors (Lipinski definition) is 3. The summed E-state index contributed by atoms with van der Waals surface area (Å²) in [5.74, 6) is -9.87. The second kappa shape index (κ2) is 78.6. The van der Waals surface area contributed by atoms with Crippen molar-refractivity contribution < 1.29 is 160 Å². The van der Waals surface area contributed by atoms with Crippen LogP contribution in [0.5, 0.6) is 5.75 Å². The molecule has 0 saturated carbocycles. The lowest BCUT2D eigenvalue weighted by Gasteiger charge is -2.22. The number of nitrogens with zero attached hydrogens (tertiary/aromatic N) is 3. The zero-order valence-electron chi connectivity index (χ0n) is 72.3. The Morgan fingerprint density at radius 1 is 0.387 bits per heavy atom. The first-order chi connectivity index (χ1) is 60.9. The predicted molar refractivity (Wildman–Crippen MR) is 443 cm³/mol. The first kappa shape index (κ1) is 110. The molecule has 3 aromatic rings. The summed E-state index contributed by atoms with van der Waals surface area (Å²) in [5, 5.41) is 5.71. The maximum Gasteiger partial charge on any atom is 0.313 e. The molecule has 1 aromatic heterocycles. The molecule has 124 heavy (non-hydrogen) atoms. The van der Waals surface area contributed by atoms with Crippen molar-refractivity contribution in [3.05, 3.63) is 88.3 Å². The van der Waals surface area contributed by atoms with E-state index in [2.05, 4.69) is 25.3 Å². The van der Waals surface area contributed by atoms with Gasteiger partial charge in [-0.05, 0) is 42.7 Å². The Hall–Kier alpha value is -6.60. The van der Waals surface area contributed by atoms with E-state index in [-0.39, 0.29) is 76.2 Å². The van der Waals surface area contributed by atoms with E-state index in [9.17, 15) is 36.7 Å². The fourth-order valence-corrected chi connectivity index (χ4v) is 10.4. The number of aliphatic imine (C=N–C) groups is 1. The number of amides is 3. The number of aromatic nitrogens is 1. The Kier molecular flexibility index (Phi) is 69.6. The first-order valence-corrected chi connectivity index (χ1v) is 42.4. The molecule has 1 aliphatic rings. The van der Waals surface area contributed by atoms with Gasteiger partial charge in [-0.2, -0.15) is 8.78 Å². The molecule has 0 atom stereocenters. The van der Waals surface area contributed by atoms with Gasteiger partial charge in [0.1, 0.15) is 5.84 Å². The molecule has 36 nitrogen and oxygen atoms in total. The van der Waals surface area contributed by atoms with Crippen LogP contribution in [-0.2, 0) is 139 Å². The van der Waals surface area contributed by atoms with Crippen molar-refractivity contribution in [1.82, 2.24) is 15.2 Å². The zero-order chi connectivity index (χ0) is 88.7. The average Bonchev–Trinajstić information content (AvgIpc) is 1.44. The van der Waals surface area contributed by atoms with Crippen molar-refractivity contribution in [1.29, 1.82) is 0 Å². The summed E-state index contributed by atoms with van der Waals surface area (Å²) in [7, 11) is 0. The largest absolute Gasteiger partial charge is 0.420 e. The molecular formula is C84H134F4N6O30. The number of amidine groups is 1. The molecule has 0 radical (unpaired) electrons. The van der Waals surface area contributed by atoms with Crippen molar-refractivity contribution in [2.24, 2.45) is 10.7 Å². The van der Waals surface area contributed by atoms with Gasteiger partial charge >= 0.3 is 5.97 Å². The lowest BCUT2D eigenvalue weighted by atomic mass is 10.0. The normalized spacial score (nSPS) is 12.1. The lowest BCUT2D eigenvalue weighted by molar-refractivity contribution is -0.136. The number of anilines is 1. The van der Waals surface area contributed by atoms with E-state index >= 15 is 0 Å². The average molecular weight is 1780 g/mol. The van der Waals surface area contributed by atoms with E-state index in [0.29, 0.717) is 350 Å². The summed E-state index contributed by atoms with van der Waals surface area (Å²) >= 11 is 0. The SMILES string of the molecule is CCCN(CCC)C(=O)C1=Cc2ccc(C(=O)Nc3cncc(CNC(=O)CCOCCOCCOCCOCCOCCOCCOCCOCCOCCOCCOCCOCCOCCOCCOCCOCCOCCOCCOCCOCCOCCOCCOCCOCCOCCC(=O)Oc4c(F)c(F)cc(F)c4F)c3)cc2N=C(N)C1. The Balaban J connectivity index is 0.726. The van der Waals surface area contributed by atoms with Crippen LogP contribution in [0.3, 0.4) is 0 Å².